The van der Waals surface area contributed by atoms with Gasteiger partial charge in [0.1, 0.15) is 0 Å². The normalized spacial score (nSPS) is 26.6. The molecule has 2 atom stereocenters. The lowest BCUT2D eigenvalue weighted by molar-refractivity contribution is 0.0529. The molecule has 1 N–H and O–H groups in total. The molecule has 1 aromatic carbocycles. The molecule has 0 saturated carbocycles. The molecular weight excluding hydrogens is 174 g/mol. The van der Waals surface area contributed by atoms with Gasteiger partial charge in [-0.15, -0.1) is 0 Å². The van der Waals surface area contributed by atoms with Gasteiger partial charge in [0.2, 0.25) is 0 Å². The highest BCUT2D eigenvalue weighted by atomic mass is 16.5. The molecule has 1 aliphatic heterocycles. The van der Waals surface area contributed by atoms with Gasteiger partial charge in [0.25, 0.3) is 0 Å². The lowest BCUT2D eigenvalue weighted by Crippen LogP contribution is -2.18. The van der Waals surface area contributed by atoms with Gasteiger partial charge in [-0.1, -0.05) is 30.3 Å². The van der Waals surface area contributed by atoms with Gasteiger partial charge < -0.3 is 10.1 Å². The van der Waals surface area contributed by atoms with Crippen molar-refractivity contribution in [3.8, 4) is 0 Å². The summed E-state index contributed by atoms with van der Waals surface area (Å²) in [5.41, 5.74) is 1.26. The Hall–Kier alpha value is -0.860. The summed E-state index contributed by atoms with van der Waals surface area (Å²) in [6.07, 6.45) is 1.53. The largest absolute Gasteiger partial charge is 0.372 e. The van der Waals surface area contributed by atoms with Crippen LogP contribution >= 0.6 is 0 Å². The van der Waals surface area contributed by atoms with Crippen molar-refractivity contribution in [2.24, 2.45) is 0 Å². The molecule has 0 aromatic heterocycles. The van der Waals surface area contributed by atoms with Crippen LogP contribution in [0.15, 0.2) is 30.3 Å². The van der Waals surface area contributed by atoms with E-state index in [1.807, 2.05) is 18.2 Å². The maximum absolute atomic E-state index is 5.80. The summed E-state index contributed by atoms with van der Waals surface area (Å²) in [5, 5.41) is 3.38. The number of hydrogen-bond donors (Lipinski definition) is 1. The Bertz CT molecular complexity index is 273. The van der Waals surface area contributed by atoms with E-state index >= 15 is 0 Å². The third kappa shape index (κ3) is 2.56. The SMILES string of the molecule is C[C@H]1C[C@H](OCc2ccccc2)CN1. The molecule has 0 unspecified atom stereocenters. The molecule has 2 heteroatoms. The molecule has 14 heavy (non-hydrogen) atoms. The van der Waals surface area contributed by atoms with Gasteiger partial charge in [-0.3, -0.25) is 0 Å². The van der Waals surface area contributed by atoms with Gasteiger partial charge in [-0.25, -0.2) is 0 Å². The first-order valence-electron chi connectivity index (χ1n) is 5.23. The third-order valence-electron chi connectivity index (χ3n) is 2.64. The first-order valence-corrected chi connectivity index (χ1v) is 5.23. The Morgan fingerprint density at radius 3 is 2.79 bits per heavy atom. The minimum atomic E-state index is 0.394. The van der Waals surface area contributed by atoms with Crippen LogP contribution < -0.4 is 5.32 Å². The van der Waals surface area contributed by atoms with E-state index in [2.05, 4.69) is 24.4 Å². The number of nitrogens with one attached hydrogen (secondary N) is 1. The molecule has 1 aromatic rings. The second-order valence-electron chi connectivity index (χ2n) is 3.96. The highest BCUT2D eigenvalue weighted by Gasteiger charge is 2.20. The Balaban J connectivity index is 1.78. The molecular formula is C12H17NO. The van der Waals surface area contributed by atoms with Crippen molar-refractivity contribution >= 4 is 0 Å². The molecule has 0 spiro atoms. The second kappa shape index (κ2) is 4.58. The van der Waals surface area contributed by atoms with Crippen molar-refractivity contribution in [1.29, 1.82) is 0 Å². The molecule has 0 bridgehead atoms. The van der Waals surface area contributed by atoms with Crippen LogP contribution in [0.1, 0.15) is 18.9 Å². The maximum Gasteiger partial charge on any atom is 0.0721 e. The average molecular weight is 191 g/mol. The van der Waals surface area contributed by atoms with Gasteiger partial charge in [0, 0.05) is 12.6 Å². The zero-order valence-corrected chi connectivity index (χ0v) is 8.57. The lowest BCUT2D eigenvalue weighted by atomic mass is 10.2. The first-order chi connectivity index (χ1) is 6.84. The van der Waals surface area contributed by atoms with E-state index in [4.69, 9.17) is 4.74 Å². The van der Waals surface area contributed by atoms with Crippen LogP contribution in [0.5, 0.6) is 0 Å². The van der Waals surface area contributed by atoms with E-state index in [0.717, 1.165) is 19.6 Å². The molecule has 1 aliphatic rings. The summed E-state index contributed by atoms with van der Waals surface area (Å²) < 4.78 is 5.80. The van der Waals surface area contributed by atoms with Crippen molar-refractivity contribution in [3.63, 3.8) is 0 Å². The van der Waals surface area contributed by atoms with E-state index in [1.54, 1.807) is 0 Å². The number of ether oxygens (including phenoxy) is 1. The van der Waals surface area contributed by atoms with Crippen molar-refractivity contribution in [1.82, 2.24) is 5.32 Å². The van der Waals surface area contributed by atoms with Gasteiger partial charge in [-0.2, -0.15) is 0 Å². The molecule has 2 rings (SSSR count). The van der Waals surface area contributed by atoms with Crippen molar-refractivity contribution in [2.75, 3.05) is 6.54 Å². The number of rotatable bonds is 3. The van der Waals surface area contributed by atoms with Gasteiger partial charge in [0.15, 0.2) is 0 Å². The Labute approximate surface area is 85.3 Å². The van der Waals surface area contributed by atoms with Crippen LogP contribution in [0.4, 0.5) is 0 Å². The summed E-state index contributed by atoms with van der Waals surface area (Å²) in [5.74, 6) is 0. The average Bonchev–Trinajstić information content (AvgIpc) is 2.63. The van der Waals surface area contributed by atoms with Crippen LogP contribution in [0, 0.1) is 0 Å². The Morgan fingerprint density at radius 1 is 1.36 bits per heavy atom. The predicted molar refractivity (Wildman–Crippen MR) is 57.1 cm³/mol. The smallest absolute Gasteiger partial charge is 0.0721 e. The van der Waals surface area contributed by atoms with Crippen LogP contribution in [-0.4, -0.2) is 18.7 Å². The summed E-state index contributed by atoms with van der Waals surface area (Å²) in [7, 11) is 0. The van der Waals surface area contributed by atoms with Crippen LogP contribution in [0.2, 0.25) is 0 Å². The zero-order chi connectivity index (χ0) is 9.80. The quantitative estimate of drug-likeness (QED) is 0.788. The fourth-order valence-corrected chi connectivity index (χ4v) is 1.81. The summed E-state index contributed by atoms with van der Waals surface area (Å²) in [6, 6.07) is 10.9. The van der Waals surface area contributed by atoms with Crippen molar-refractivity contribution in [2.45, 2.75) is 32.1 Å². The minimum Gasteiger partial charge on any atom is -0.372 e. The summed E-state index contributed by atoms with van der Waals surface area (Å²) >= 11 is 0. The van der Waals surface area contributed by atoms with Gasteiger partial charge >= 0.3 is 0 Å². The van der Waals surface area contributed by atoms with E-state index < -0.39 is 0 Å². The highest BCUT2D eigenvalue weighted by Crippen LogP contribution is 2.12. The van der Waals surface area contributed by atoms with E-state index in [0.29, 0.717) is 12.1 Å². The monoisotopic (exact) mass is 191 g/mol. The standard InChI is InChI=1S/C12H17NO/c1-10-7-12(8-13-10)14-9-11-5-3-2-4-6-11/h2-6,10,12-13H,7-9H2,1H3/t10-,12-/m0/s1. The molecule has 0 radical (unpaired) electrons. The lowest BCUT2D eigenvalue weighted by Gasteiger charge is -2.10. The fraction of sp³-hybridized carbons (Fsp3) is 0.500. The molecule has 1 fully saturated rings. The Kier molecular flexibility index (Phi) is 3.17. The van der Waals surface area contributed by atoms with E-state index in [-0.39, 0.29) is 0 Å². The van der Waals surface area contributed by atoms with E-state index in [1.165, 1.54) is 5.56 Å². The Morgan fingerprint density at radius 2 is 2.14 bits per heavy atom. The first kappa shape index (κ1) is 9.69. The van der Waals surface area contributed by atoms with E-state index in [9.17, 15) is 0 Å². The summed E-state index contributed by atoms with van der Waals surface area (Å²) in [6.45, 7) is 3.93. The molecule has 0 amide bonds. The molecule has 1 heterocycles. The predicted octanol–water partition coefficient (Wildman–Crippen LogP) is 1.95. The zero-order valence-electron chi connectivity index (χ0n) is 8.57. The number of benzene rings is 1. The molecule has 1 saturated heterocycles. The number of hydrogen-bond acceptors (Lipinski definition) is 2. The highest BCUT2D eigenvalue weighted by molar-refractivity contribution is 5.13. The van der Waals surface area contributed by atoms with Crippen LogP contribution in [0.25, 0.3) is 0 Å². The molecule has 0 aliphatic carbocycles. The van der Waals surface area contributed by atoms with Gasteiger partial charge in [0.05, 0.1) is 12.7 Å². The second-order valence-corrected chi connectivity index (χ2v) is 3.96. The molecule has 76 valence electrons. The minimum absolute atomic E-state index is 0.394. The fourth-order valence-electron chi connectivity index (χ4n) is 1.81. The third-order valence-corrected chi connectivity index (χ3v) is 2.64. The van der Waals surface area contributed by atoms with Crippen molar-refractivity contribution in [3.05, 3.63) is 35.9 Å². The summed E-state index contributed by atoms with van der Waals surface area (Å²) in [4.78, 5) is 0. The maximum atomic E-state index is 5.80. The van der Waals surface area contributed by atoms with Crippen LogP contribution in [-0.2, 0) is 11.3 Å². The van der Waals surface area contributed by atoms with Crippen molar-refractivity contribution < 1.29 is 4.74 Å². The molecule has 2 nitrogen and oxygen atoms in total. The van der Waals surface area contributed by atoms with Gasteiger partial charge in [-0.05, 0) is 18.9 Å². The van der Waals surface area contributed by atoms with Crippen LogP contribution in [0.3, 0.4) is 0 Å². The topological polar surface area (TPSA) is 21.3 Å².